The van der Waals surface area contributed by atoms with Crippen LogP contribution in [0.2, 0.25) is 0 Å². The van der Waals surface area contributed by atoms with Crippen molar-refractivity contribution in [1.29, 1.82) is 0 Å². The fourth-order valence-corrected chi connectivity index (χ4v) is 3.25. The van der Waals surface area contributed by atoms with Crippen LogP contribution in [0.4, 0.5) is 10.1 Å². The molecule has 1 aliphatic rings. The Bertz CT molecular complexity index is 743. The van der Waals surface area contributed by atoms with Crippen LogP contribution in [0, 0.1) is 5.82 Å². The summed E-state index contributed by atoms with van der Waals surface area (Å²) >= 11 is 0. The van der Waals surface area contributed by atoms with Crippen LogP contribution in [0.5, 0.6) is 5.75 Å². The van der Waals surface area contributed by atoms with E-state index >= 15 is 0 Å². The van der Waals surface area contributed by atoms with E-state index in [0.717, 1.165) is 31.9 Å². The molecule has 1 saturated heterocycles. The third-order valence-corrected chi connectivity index (χ3v) is 4.85. The van der Waals surface area contributed by atoms with E-state index in [1.807, 2.05) is 18.2 Å². The molecule has 0 saturated carbocycles. The largest absolute Gasteiger partial charge is 0.497 e. The summed E-state index contributed by atoms with van der Waals surface area (Å²) in [5, 5.41) is 2.89. The third kappa shape index (κ3) is 5.44. The van der Waals surface area contributed by atoms with Crippen LogP contribution in [-0.2, 0) is 11.2 Å². The molecule has 6 heteroatoms. The average molecular weight is 371 g/mol. The Labute approximate surface area is 159 Å². The Balaban J connectivity index is 1.38. The van der Waals surface area contributed by atoms with Gasteiger partial charge in [0.15, 0.2) is 0 Å². The Morgan fingerprint density at radius 2 is 1.78 bits per heavy atom. The molecule has 1 aliphatic heterocycles. The summed E-state index contributed by atoms with van der Waals surface area (Å²) in [5.74, 6) is 0.620. The van der Waals surface area contributed by atoms with Crippen LogP contribution in [-0.4, -0.2) is 57.2 Å². The van der Waals surface area contributed by atoms with Gasteiger partial charge in [0.05, 0.1) is 13.7 Å². The van der Waals surface area contributed by atoms with Gasteiger partial charge in [0.25, 0.3) is 0 Å². The molecule has 0 aliphatic carbocycles. The lowest BCUT2D eigenvalue weighted by Crippen LogP contribution is -2.49. The smallest absolute Gasteiger partial charge is 0.234 e. The van der Waals surface area contributed by atoms with Gasteiger partial charge in [-0.3, -0.25) is 9.69 Å². The molecule has 0 atom stereocenters. The maximum Gasteiger partial charge on any atom is 0.234 e. The average Bonchev–Trinajstić information content (AvgIpc) is 2.70. The van der Waals surface area contributed by atoms with E-state index in [-0.39, 0.29) is 11.7 Å². The van der Waals surface area contributed by atoms with Gasteiger partial charge in [-0.25, -0.2) is 4.39 Å². The number of nitrogens with zero attached hydrogens (tertiary/aromatic N) is 2. The lowest BCUT2D eigenvalue weighted by atomic mass is 10.1. The summed E-state index contributed by atoms with van der Waals surface area (Å²) in [7, 11) is 1.66. The van der Waals surface area contributed by atoms with Crippen molar-refractivity contribution >= 4 is 11.6 Å². The lowest BCUT2D eigenvalue weighted by Gasteiger charge is -2.35. The predicted molar refractivity (Wildman–Crippen MR) is 105 cm³/mol. The minimum atomic E-state index is -0.221. The third-order valence-electron chi connectivity index (χ3n) is 4.85. The van der Waals surface area contributed by atoms with Gasteiger partial charge >= 0.3 is 0 Å². The van der Waals surface area contributed by atoms with E-state index in [2.05, 4.69) is 27.2 Å². The number of hydrogen-bond acceptors (Lipinski definition) is 4. The number of halogens is 1. The predicted octanol–water partition coefficient (Wildman–Crippen LogP) is 2.32. The first-order valence-electron chi connectivity index (χ1n) is 9.27. The molecule has 0 bridgehead atoms. The van der Waals surface area contributed by atoms with E-state index in [9.17, 15) is 9.18 Å². The number of nitrogens with one attached hydrogen (secondary N) is 1. The van der Waals surface area contributed by atoms with E-state index in [1.54, 1.807) is 19.2 Å². The number of anilines is 1. The topological polar surface area (TPSA) is 44.8 Å². The summed E-state index contributed by atoms with van der Waals surface area (Å²) in [6.07, 6.45) is 0.504. The Morgan fingerprint density at radius 1 is 1.07 bits per heavy atom. The van der Waals surface area contributed by atoms with Gasteiger partial charge in [-0.15, -0.1) is 0 Å². The van der Waals surface area contributed by atoms with Crippen molar-refractivity contribution in [3.8, 4) is 5.75 Å². The highest BCUT2D eigenvalue weighted by molar-refractivity contribution is 5.78. The molecular formula is C21H26FN3O2. The zero-order valence-electron chi connectivity index (χ0n) is 15.7. The molecule has 2 aromatic carbocycles. The van der Waals surface area contributed by atoms with Crippen molar-refractivity contribution in [2.75, 3.05) is 51.3 Å². The number of carbonyl (C=O) groups is 1. The second kappa shape index (κ2) is 9.37. The van der Waals surface area contributed by atoms with Gasteiger partial charge in [-0.2, -0.15) is 0 Å². The van der Waals surface area contributed by atoms with Gasteiger partial charge < -0.3 is 15.0 Å². The van der Waals surface area contributed by atoms with E-state index in [1.165, 1.54) is 11.8 Å². The van der Waals surface area contributed by atoms with E-state index in [0.29, 0.717) is 25.1 Å². The highest BCUT2D eigenvalue weighted by Crippen LogP contribution is 2.20. The normalized spacial score (nSPS) is 14.8. The summed E-state index contributed by atoms with van der Waals surface area (Å²) in [6, 6.07) is 14.7. The highest BCUT2D eigenvalue weighted by atomic mass is 19.1. The first-order chi connectivity index (χ1) is 13.2. The molecule has 0 radical (unpaired) electrons. The summed E-state index contributed by atoms with van der Waals surface area (Å²) < 4.78 is 18.8. The fourth-order valence-electron chi connectivity index (χ4n) is 3.25. The minimum Gasteiger partial charge on any atom is -0.497 e. The van der Waals surface area contributed by atoms with Gasteiger partial charge in [0, 0.05) is 38.4 Å². The van der Waals surface area contributed by atoms with Crippen LogP contribution >= 0.6 is 0 Å². The molecule has 5 nitrogen and oxygen atoms in total. The summed E-state index contributed by atoms with van der Waals surface area (Å²) in [5.41, 5.74) is 1.80. The molecule has 0 spiro atoms. The molecule has 0 unspecified atom stereocenters. The second-order valence-electron chi connectivity index (χ2n) is 6.65. The molecule has 3 rings (SSSR count). The zero-order valence-corrected chi connectivity index (χ0v) is 15.7. The second-order valence-corrected chi connectivity index (χ2v) is 6.65. The number of hydrogen-bond donors (Lipinski definition) is 1. The maximum atomic E-state index is 13.6. The first-order valence-corrected chi connectivity index (χ1v) is 9.27. The van der Waals surface area contributed by atoms with Crippen molar-refractivity contribution in [1.82, 2.24) is 10.2 Å². The minimum absolute atomic E-state index is 0.00997. The molecule has 2 aromatic rings. The van der Waals surface area contributed by atoms with Gasteiger partial charge in [-0.05, 0) is 42.3 Å². The Hall–Kier alpha value is -2.60. The van der Waals surface area contributed by atoms with Gasteiger partial charge in [0.2, 0.25) is 5.91 Å². The summed E-state index contributed by atoms with van der Waals surface area (Å²) in [4.78, 5) is 16.6. The maximum absolute atomic E-state index is 13.6. The molecule has 1 N–H and O–H groups in total. The number of amides is 1. The zero-order chi connectivity index (χ0) is 19.1. The lowest BCUT2D eigenvalue weighted by molar-refractivity contribution is -0.122. The van der Waals surface area contributed by atoms with Crippen molar-refractivity contribution in [3.05, 3.63) is 59.9 Å². The van der Waals surface area contributed by atoms with Crippen LogP contribution in [0.3, 0.4) is 0 Å². The Morgan fingerprint density at radius 3 is 2.44 bits per heavy atom. The van der Waals surface area contributed by atoms with Crippen molar-refractivity contribution in [2.45, 2.75) is 6.42 Å². The quantitative estimate of drug-likeness (QED) is 0.811. The van der Waals surface area contributed by atoms with Gasteiger partial charge in [0.1, 0.15) is 11.6 Å². The number of piperazine rings is 1. The molecule has 1 heterocycles. The van der Waals surface area contributed by atoms with Crippen LogP contribution in [0.1, 0.15) is 5.56 Å². The van der Waals surface area contributed by atoms with Gasteiger partial charge in [-0.1, -0.05) is 18.2 Å². The van der Waals surface area contributed by atoms with Crippen LogP contribution in [0.25, 0.3) is 0 Å². The number of benzene rings is 2. The van der Waals surface area contributed by atoms with Crippen LogP contribution < -0.4 is 15.0 Å². The molecule has 1 fully saturated rings. The Kier molecular flexibility index (Phi) is 6.65. The number of rotatable bonds is 7. The first kappa shape index (κ1) is 19.2. The molecule has 27 heavy (non-hydrogen) atoms. The molecule has 1 amide bonds. The van der Waals surface area contributed by atoms with Crippen molar-refractivity contribution < 1.29 is 13.9 Å². The molecule has 0 aromatic heterocycles. The highest BCUT2D eigenvalue weighted by Gasteiger charge is 2.19. The van der Waals surface area contributed by atoms with E-state index in [4.69, 9.17) is 4.74 Å². The van der Waals surface area contributed by atoms with Crippen molar-refractivity contribution in [3.63, 3.8) is 0 Å². The van der Waals surface area contributed by atoms with Crippen molar-refractivity contribution in [2.24, 2.45) is 0 Å². The standard InChI is InChI=1S/C21H26FN3O2/c1-27-19-8-6-18(7-9-19)25-14-12-24(13-15-25)16-21(26)23-11-10-17-4-2-3-5-20(17)22/h2-9H,10-16H2,1H3,(H,23,26). The molecule has 144 valence electrons. The number of ether oxygens (including phenoxy) is 1. The molecular weight excluding hydrogens is 345 g/mol. The monoisotopic (exact) mass is 371 g/mol. The fraction of sp³-hybridized carbons (Fsp3) is 0.381. The number of carbonyl (C=O) groups excluding carboxylic acids is 1. The number of methoxy groups -OCH3 is 1. The summed E-state index contributed by atoms with van der Waals surface area (Å²) in [6.45, 7) is 4.28. The SMILES string of the molecule is COc1ccc(N2CCN(CC(=O)NCCc3ccccc3F)CC2)cc1. The van der Waals surface area contributed by atoms with E-state index < -0.39 is 0 Å². The van der Waals surface area contributed by atoms with Crippen LogP contribution in [0.15, 0.2) is 48.5 Å².